The van der Waals surface area contributed by atoms with Crippen LogP contribution in [-0.4, -0.2) is 18.5 Å². The van der Waals surface area contributed by atoms with Gasteiger partial charge in [-0.25, -0.2) is 4.39 Å². The number of alkyl halides is 1. The molecule has 0 aliphatic rings. The summed E-state index contributed by atoms with van der Waals surface area (Å²) < 4.78 is 18.5. The van der Waals surface area contributed by atoms with Crippen molar-refractivity contribution in [3.63, 3.8) is 0 Å². The van der Waals surface area contributed by atoms with Crippen molar-refractivity contribution in [2.24, 2.45) is 11.8 Å². The van der Waals surface area contributed by atoms with E-state index in [9.17, 15) is 4.39 Å². The summed E-state index contributed by atoms with van der Waals surface area (Å²) in [6.45, 7) is 6.08. The van der Waals surface area contributed by atoms with Crippen LogP contribution in [0.2, 0.25) is 0 Å². The van der Waals surface area contributed by atoms with Crippen molar-refractivity contribution >= 4 is 15.9 Å². The average Bonchev–Trinajstić information content (AvgIpc) is 2.39. The van der Waals surface area contributed by atoms with E-state index in [1.807, 2.05) is 12.1 Å². The lowest BCUT2D eigenvalue weighted by Gasteiger charge is -2.14. The lowest BCUT2D eigenvalue weighted by Crippen LogP contribution is -2.11. The third kappa shape index (κ3) is 7.68. The van der Waals surface area contributed by atoms with Crippen molar-refractivity contribution < 1.29 is 9.13 Å². The van der Waals surface area contributed by atoms with Gasteiger partial charge in [0.05, 0.1) is 0 Å². The van der Waals surface area contributed by atoms with Gasteiger partial charge in [0.25, 0.3) is 0 Å². The van der Waals surface area contributed by atoms with Crippen LogP contribution < -0.4 is 0 Å². The lowest BCUT2D eigenvalue weighted by atomic mass is 9.98. The SMILES string of the molecule is CC(C)CCOCCC(CBr)Cc1ccc(F)cc1. The molecule has 0 fully saturated rings. The summed E-state index contributed by atoms with van der Waals surface area (Å²) in [6.07, 6.45) is 3.14. The standard InChI is InChI=1S/C16H24BrFO/c1-13(2)7-9-19-10-8-15(12-17)11-14-3-5-16(18)6-4-14/h3-6,13,15H,7-12H2,1-2H3. The molecule has 1 rings (SSSR count). The maximum atomic E-state index is 12.8. The van der Waals surface area contributed by atoms with E-state index in [0.29, 0.717) is 11.8 Å². The highest BCUT2D eigenvalue weighted by Crippen LogP contribution is 2.16. The van der Waals surface area contributed by atoms with Crippen molar-refractivity contribution in [1.29, 1.82) is 0 Å². The monoisotopic (exact) mass is 330 g/mol. The summed E-state index contributed by atoms with van der Waals surface area (Å²) in [7, 11) is 0. The van der Waals surface area contributed by atoms with Gasteiger partial charge in [0.2, 0.25) is 0 Å². The molecule has 1 nitrogen and oxygen atoms in total. The topological polar surface area (TPSA) is 9.23 Å². The van der Waals surface area contributed by atoms with E-state index in [1.54, 1.807) is 0 Å². The molecule has 19 heavy (non-hydrogen) atoms. The van der Waals surface area contributed by atoms with E-state index in [1.165, 1.54) is 17.7 Å². The predicted molar refractivity (Wildman–Crippen MR) is 82.3 cm³/mol. The average molecular weight is 331 g/mol. The van der Waals surface area contributed by atoms with Gasteiger partial charge in [-0.15, -0.1) is 0 Å². The predicted octanol–water partition coefficient (Wildman–Crippen LogP) is 4.83. The fraction of sp³-hybridized carbons (Fsp3) is 0.625. The van der Waals surface area contributed by atoms with Gasteiger partial charge in [0.1, 0.15) is 5.82 Å². The zero-order chi connectivity index (χ0) is 14.1. The summed E-state index contributed by atoms with van der Waals surface area (Å²) in [5.74, 6) is 1.08. The van der Waals surface area contributed by atoms with Crippen molar-refractivity contribution in [2.45, 2.75) is 33.1 Å². The van der Waals surface area contributed by atoms with Crippen LogP contribution >= 0.6 is 15.9 Å². The Balaban J connectivity index is 2.24. The number of ether oxygens (including phenoxy) is 1. The van der Waals surface area contributed by atoms with Gasteiger partial charge in [0.15, 0.2) is 0 Å². The second-order valence-corrected chi connectivity index (χ2v) is 6.08. The highest BCUT2D eigenvalue weighted by Gasteiger charge is 2.08. The van der Waals surface area contributed by atoms with E-state index < -0.39 is 0 Å². The van der Waals surface area contributed by atoms with Crippen molar-refractivity contribution in [2.75, 3.05) is 18.5 Å². The highest BCUT2D eigenvalue weighted by atomic mass is 79.9. The quantitative estimate of drug-likeness (QED) is 0.465. The number of rotatable bonds is 9. The first-order valence-electron chi connectivity index (χ1n) is 7.00. The van der Waals surface area contributed by atoms with Gasteiger partial charge < -0.3 is 4.74 Å². The molecule has 0 aliphatic heterocycles. The largest absolute Gasteiger partial charge is 0.381 e. The lowest BCUT2D eigenvalue weighted by molar-refractivity contribution is 0.113. The molecule has 1 aromatic rings. The van der Waals surface area contributed by atoms with Gasteiger partial charge in [-0.2, -0.15) is 0 Å². The first kappa shape index (κ1) is 16.6. The molecule has 1 atom stereocenters. The van der Waals surface area contributed by atoms with Crippen LogP contribution in [0, 0.1) is 17.7 Å². The Kier molecular flexibility index (Phi) is 8.31. The molecule has 1 unspecified atom stereocenters. The number of benzene rings is 1. The minimum Gasteiger partial charge on any atom is -0.381 e. The highest BCUT2D eigenvalue weighted by molar-refractivity contribution is 9.09. The molecule has 0 saturated heterocycles. The Morgan fingerprint density at radius 3 is 2.32 bits per heavy atom. The maximum Gasteiger partial charge on any atom is 0.123 e. The van der Waals surface area contributed by atoms with Crippen LogP contribution in [0.4, 0.5) is 4.39 Å². The second kappa shape index (κ2) is 9.49. The molecule has 0 bridgehead atoms. The van der Waals surface area contributed by atoms with Gasteiger partial charge in [-0.1, -0.05) is 41.9 Å². The van der Waals surface area contributed by atoms with Crippen molar-refractivity contribution in [3.05, 3.63) is 35.6 Å². The minimum absolute atomic E-state index is 0.170. The molecule has 0 aliphatic carbocycles. The Labute approximate surface area is 124 Å². The van der Waals surface area contributed by atoms with Crippen LogP contribution in [0.1, 0.15) is 32.3 Å². The fourth-order valence-corrected chi connectivity index (χ4v) is 2.41. The molecule has 0 N–H and O–H groups in total. The van der Waals surface area contributed by atoms with Crippen LogP contribution in [-0.2, 0) is 11.2 Å². The molecule has 0 amide bonds. The van der Waals surface area contributed by atoms with Gasteiger partial charge in [-0.3, -0.25) is 0 Å². The van der Waals surface area contributed by atoms with E-state index in [2.05, 4.69) is 29.8 Å². The van der Waals surface area contributed by atoms with Gasteiger partial charge >= 0.3 is 0 Å². The van der Waals surface area contributed by atoms with E-state index >= 15 is 0 Å². The van der Waals surface area contributed by atoms with Gasteiger partial charge in [0, 0.05) is 18.5 Å². The Bertz CT molecular complexity index is 337. The Hall–Kier alpha value is -0.410. The first-order valence-corrected chi connectivity index (χ1v) is 8.12. The summed E-state index contributed by atoms with van der Waals surface area (Å²) in [5, 5.41) is 0.956. The van der Waals surface area contributed by atoms with Gasteiger partial charge in [-0.05, 0) is 48.8 Å². The van der Waals surface area contributed by atoms with Crippen molar-refractivity contribution in [1.82, 2.24) is 0 Å². The molecule has 1 aromatic carbocycles. The van der Waals surface area contributed by atoms with E-state index in [-0.39, 0.29) is 5.82 Å². The molecule has 108 valence electrons. The van der Waals surface area contributed by atoms with Crippen molar-refractivity contribution in [3.8, 4) is 0 Å². The molecule has 0 saturated carbocycles. The maximum absolute atomic E-state index is 12.8. The zero-order valence-corrected chi connectivity index (χ0v) is 13.5. The Morgan fingerprint density at radius 1 is 1.11 bits per heavy atom. The fourth-order valence-electron chi connectivity index (χ4n) is 1.86. The molecule has 0 aromatic heterocycles. The third-order valence-corrected chi connectivity index (χ3v) is 4.08. The van der Waals surface area contributed by atoms with Crippen LogP contribution in [0.3, 0.4) is 0 Å². The number of hydrogen-bond acceptors (Lipinski definition) is 1. The number of hydrogen-bond donors (Lipinski definition) is 0. The third-order valence-electron chi connectivity index (χ3n) is 3.17. The summed E-state index contributed by atoms with van der Waals surface area (Å²) >= 11 is 3.55. The minimum atomic E-state index is -0.170. The molecule has 0 heterocycles. The van der Waals surface area contributed by atoms with Crippen LogP contribution in [0.5, 0.6) is 0 Å². The molecular formula is C16H24BrFO. The molecule has 0 spiro atoms. The summed E-state index contributed by atoms with van der Waals surface area (Å²) in [4.78, 5) is 0. The zero-order valence-electron chi connectivity index (χ0n) is 11.9. The summed E-state index contributed by atoms with van der Waals surface area (Å²) in [5.41, 5.74) is 1.19. The molecule has 3 heteroatoms. The summed E-state index contributed by atoms with van der Waals surface area (Å²) in [6, 6.07) is 6.79. The first-order chi connectivity index (χ1) is 9.11. The second-order valence-electron chi connectivity index (χ2n) is 5.43. The van der Waals surface area contributed by atoms with E-state index in [4.69, 9.17) is 4.74 Å². The molecular weight excluding hydrogens is 307 g/mol. The van der Waals surface area contributed by atoms with E-state index in [0.717, 1.165) is 37.8 Å². The normalized spacial score (nSPS) is 12.9. The van der Waals surface area contributed by atoms with Crippen LogP contribution in [0.15, 0.2) is 24.3 Å². The smallest absolute Gasteiger partial charge is 0.123 e. The molecule has 0 radical (unpaired) electrons. The number of halogens is 2. The Morgan fingerprint density at radius 2 is 1.74 bits per heavy atom. The van der Waals surface area contributed by atoms with Crippen LogP contribution in [0.25, 0.3) is 0 Å².